The lowest BCUT2D eigenvalue weighted by molar-refractivity contribution is -0.0725. The number of methoxy groups -OCH3 is 1. The molecule has 19 heavy (non-hydrogen) atoms. The van der Waals surface area contributed by atoms with Crippen molar-refractivity contribution in [3.05, 3.63) is 54.1 Å². The van der Waals surface area contributed by atoms with Gasteiger partial charge in [-0.05, 0) is 42.4 Å². The summed E-state index contributed by atoms with van der Waals surface area (Å²) in [5, 5.41) is 0. The van der Waals surface area contributed by atoms with E-state index >= 15 is 0 Å². The Bertz CT molecular complexity index is 587. The maximum Gasteiger partial charge on any atom is 0.118 e. The summed E-state index contributed by atoms with van der Waals surface area (Å²) in [6.07, 6.45) is 9.11. The molecule has 0 atom stereocenters. The van der Waals surface area contributed by atoms with E-state index in [9.17, 15) is 0 Å². The monoisotopic (exact) mass is 252 g/mol. The van der Waals surface area contributed by atoms with Crippen LogP contribution >= 0.6 is 0 Å². The molecule has 2 aromatic rings. The van der Waals surface area contributed by atoms with Gasteiger partial charge in [0.1, 0.15) is 5.75 Å². The van der Waals surface area contributed by atoms with Crippen molar-refractivity contribution >= 4 is 0 Å². The van der Waals surface area contributed by atoms with E-state index in [4.69, 9.17) is 4.74 Å². The van der Waals surface area contributed by atoms with Crippen LogP contribution in [0.1, 0.15) is 30.5 Å². The van der Waals surface area contributed by atoms with Gasteiger partial charge in [-0.15, -0.1) is 0 Å². The van der Waals surface area contributed by atoms with Crippen LogP contribution in [-0.2, 0) is 10.8 Å². The van der Waals surface area contributed by atoms with E-state index in [1.54, 1.807) is 19.5 Å². The van der Waals surface area contributed by atoms with E-state index in [1.165, 1.54) is 30.5 Å². The Hall–Kier alpha value is -1.90. The summed E-state index contributed by atoms with van der Waals surface area (Å²) in [6, 6.07) is 8.53. The lowest BCUT2D eigenvalue weighted by Gasteiger charge is -2.70. The van der Waals surface area contributed by atoms with Crippen LogP contribution in [0.25, 0.3) is 0 Å². The van der Waals surface area contributed by atoms with Gasteiger partial charge in [0.2, 0.25) is 0 Å². The molecule has 2 bridgehead atoms. The molecular formula is C16H16N2O. The SMILES string of the molecule is COc1ccc(C23CC(c4cnccn4)(C2)C3)cc1. The lowest BCUT2D eigenvalue weighted by atomic mass is 9.33. The number of aromatic nitrogens is 2. The Labute approximate surface area is 112 Å². The van der Waals surface area contributed by atoms with Crippen molar-refractivity contribution in [1.82, 2.24) is 9.97 Å². The molecule has 3 aliphatic rings. The second-order valence-corrected chi connectivity index (χ2v) is 5.91. The van der Waals surface area contributed by atoms with Gasteiger partial charge in [0.25, 0.3) is 0 Å². The van der Waals surface area contributed by atoms with Crippen molar-refractivity contribution in [3.8, 4) is 5.75 Å². The maximum atomic E-state index is 5.22. The van der Waals surface area contributed by atoms with E-state index in [-0.39, 0.29) is 0 Å². The van der Waals surface area contributed by atoms with Crippen LogP contribution < -0.4 is 4.74 Å². The minimum atomic E-state index is 0.314. The average molecular weight is 252 g/mol. The lowest BCUT2D eigenvalue weighted by Crippen LogP contribution is -2.67. The molecule has 3 aliphatic carbocycles. The highest BCUT2D eigenvalue weighted by molar-refractivity contribution is 5.46. The van der Waals surface area contributed by atoms with E-state index in [1.807, 2.05) is 6.20 Å². The van der Waals surface area contributed by atoms with Crippen molar-refractivity contribution in [2.75, 3.05) is 7.11 Å². The molecule has 0 radical (unpaired) electrons. The summed E-state index contributed by atoms with van der Waals surface area (Å²) in [4.78, 5) is 8.68. The quantitative estimate of drug-likeness (QED) is 0.842. The molecule has 3 nitrogen and oxygen atoms in total. The summed E-state index contributed by atoms with van der Waals surface area (Å²) in [5.74, 6) is 0.930. The van der Waals surface area contributed by atoms with Crippen molar-refractivity contribution in [2.45, 2.75) is 30.1 Å². The summed E-state index contributed by atoms with van der Waals surface area (Å²) in [7, 11) is 1.71. The molecule has 5 rings (SSSR count). The Kier molecular flexibility index (Phi) is 2.06. The first-order valence-electron chi connectivity index (χ1n) is 6.68. The van der Waals surface area contributed by atoms with Gasteiger partial charge in [-0.1, -0.05) is 12.1 Å². The minimum absolute atomic E-state index is 0.314. The van der Waals surface area contributed by atoms with Gasteiger partial charge in [-0.25, -0.2) is 0 Å². The summed E-state index contributed by atoms with van der Waals surface area (Å²) >= 11 is 0. The van der Waals surface area contributed by atoms with E-state index in [0.29, 0.717) is 10.8 Å². The Morgan fingerprint density at radius 3 is 2.32 bits per heavy atom. The zero-order valence-electron chi connectivity index (χ0n) is 11.0. The van der Waals surface area contributed by atoms with Gasteiger partial charge >= 0.3 is 0 Å². The minimum Gasteiger partial charge on any atom is -0.497 e. The van der Waals surface area contributed by atoms with E-state index in [2.05, 4.69) is 34.2 Å². The number of hydrogen-bond acceptors (Lipinski definition) is 3. The Morgan fingerprint density at radius 1 is 1.00 bits per heavy atom. The molecule has 1 aromatic carbocycles. The van der Waals surface area contributed by atoms with Crippen molar-refractivity contribution < 1.29 is 4.74 Å². The number of hydrogen-bond donors (Lipinski definition) is 0. The molecule has 3 saturated carbocycles. The van der Waals surface area contributed by atoms with Crippen LogP contribution in [0.2, 0.25) is 0 Å². The summed E-state index contributed by atoms with van der Waals surface area (Å²) in [5.41, 5.74) is 3.32. The zero-order valence-corrected chi connectivity index (χ0v) is 11.0. The van der Waals surface area contributed by atoms with Gasteiger partial charge in [-0.3, -0.25) is 9.97 Å². The molecule has 0 unspecified atom stereocenters. The number of ether oxygens (including phenoxy) is 1. The maximum absolute atomic E-state index is 5.22. The molecule has 0 N–H and O–H groups in total. The van der Waals surface area contributed by atoms with Crippen LogP contribution in [0.4, 0.5) is 0 Å². The standard InChI is InChI=1S/C16H16N2O/c1-19-13-4-2-12(3-5-13)15-9-16(10-15,11-15)14-8-17-6-7-18-14/h2-8H,9-11H2,1H3. The van der Waals surface area contributed by atoms with Crippen LogP contribution in [0, 0.1) is 0 Å². The molecule has 96 valence electrons. The predicted molar refractivity (Wildman–Crippen MR) is 72.2 cm³/mol. The first-order chi connectivity index (χ1) is 9.26. The van der Waals surface area contributed by atoms with Crippen molar-refractivity contribution in [3.63, 3.8) is 0 Å². The highest BCUT2D eigenvalue weighted by Gasteiger charge is 2.69. The summed E-state index contributed by atoms with van der Waals surface area (Å²) in [6.45, 7) is 0. The number of nitrogens with zero attached hydrogens (tertiary/aromatic N) is 2. The molecule has 3 heteroatoms. The molecule has 1 heterocycles. The Balaban J connectivity index is 1.56. The largest absolute Gasteiger partial charge is 0.497 e. The normalized spacial score (nSPS) is 31.2. The fourth-order valence-electron chi connectivity index (χ4n) is 3.88. The van der Waals surface area contributed by atoms with Gasteiger partial charge in [-0.2, -0.15) is 0 Å². The second-order valence-electron chi connectivity index (χ2n) is 5.91. The molecule has 1 aromatic heterocycles. The molecule has 0 saturated heterocycles. The highest BCUT2D eigenvalue weighted by Crippen LogP contribution is 2.73. The van der Waals surface area contributed by atoms with Gasteiger partial charge in [0.15, 0.2) is 0 Å². The van der Waals surface area contributed by atoms with Crippen molar-refractivity contribution in [2.24, 2.45) is 0 Å². The first-order valence-corrected chi connectivity index (χ1v) is 6.68. The van der Waals surface area contributed by atoms with Gasteiger partial charge < -0.3 is 4.74 Å². The van der Waals surface area contributed by atoms with Gasteiger partial charge in [0.05, 0.1) is 12.8 Å². The first kappa shape index (κ1) is 11.0. The Morgan fingerprint density at radius 2 is 1.74 bits per heavy atom. The summed E-state index contributed by atoms with van der Waals surface area (Å²) < 4.78 is 5.22. The van der Waals surface area contributed by atoms with Gasteiger partial charge in [0, 0.05) is 24.0 Å². The fraction of sp³-hybridized carbons (Fsp3) is 0.375. The van der Waals surface area contributed by atoms with Crippen molar-refractivity contribution in [1.29, 1.82) is 0 Å². The number of rotatable bonds is 3. The fourth-order valence-corrected chi connectivity index (χ4v) is 3.88. The van der Waals surface area contributed by atoms with E-state index < -0.39 is 0 Å². The van der Waals surface area contributed by atoms with E-state index in [0.717, 1.165) is 5.75 Å². The third-order valence-corrected chi connectivity index (χ3v) is 4.84. The average Bonchev–Trinajstić information content (AvgIpc) is 2.38. The molecule has 3 fully saturated rings. The third kappa shape index (κ3) is 1.38. The highest BCUT2D eigenvalue weighted by atomic mass is 16.5. The zero-order chi connectivity index (χ0) is 12.9. The molecular weight excluding hydrogens is 236 g/mol. The predicted octanol–water partition coefficient (Wildman–Crippen LogP) is 2.86. The molecule has 0 spiro atoms. The molecule has 0 aliphatic heterocycles. The van der Waals surface area contributed by atoms with Crippen LogP contribution in [0.15, 0.2) is 42.9 Å². The van der Waals surface area contributed by atoms with Crippen LogP contribution in [0.5, 0.6) is 5.75 Å². The van der Waals surface area contributed by atoms with Crippen LogP contribution in [-0.4, -0.2) is 17.1 Å². The number of benzene rings is 1. The smallest absolute Gasteiger partial charge is 0.118 e. The third-order valence-electron chi connectivity index (χ3n) is 4.84. The second kappa shape index (κ2) is 3.56. The molecule has 0 amide bonds. The topological polar surface area (TPSA) is 35.0 Å². The van der Waals surface area contributed by atoms with Crippen LogP contribution in [0.3, 0.4) is 0 Å².